The van der Waals surface area contributed by atoms with E-state index in [1.165, 1.54) is 0 Å². The predicted octanol–water partition coefficient (Wildman–Crippen LogP) is 4.28. The minimum atomic E-state index is -0.499. The minimum Gasteiger partial charge on any atom is -0.497 e. The van der Waals surface area contributed by atoms with E-state index in [0.717, 1.165) is 5.56 Å². The predicted molar refractivity (Wildman–Crippen MR) is 125 cm³/mol. The molecule has 3 N–H and O–H groups in total. The van der Waals surface area contributed by atoms with Gasteiger partial charge in [-0.25, -0.2) is 0 Å². The molecule has 3 amide bonds. The third-order valence-corrected chi connectivity index (χ3v) is 4.89. The summed E-state index contributed by atoms with van der Waals surface area (Å²) >= 11 is 6.12. The van der Waals surface area contributed by atoms with E-state index in [4.69, 9.17) is 16.3 Å². The van der Waals surface area contributed by atoms with E-state index in [1.54, 1.807) is 67.8 Å². The molecule has 0 saturated heterocycles. The summed E-state index contributed by atoms with van der Waals surface area (Å²) in [4.78, 5) is 37.4. The van der Waals surface area contributed by atoms with Crippen molar-refractivity contribution in [2.24, 2.45) is 0 Å². The monoisotopic (exact) mass is 451 g/mol. The van der Waals surface area contributed by atoms with Crippen molar-refractivity contribution in [2.75, 3.05) is 24.3 Å². The number of hydrogen-bond acceptors (Lipinski definition) is 4. The number of aryl methyl sites for hydroxylation is 1. The van der Waals surface area contributed by atoms with Crippen LogP contribution in [0.4, 0.5) is 11.4 Å². The lowest BCUT2D eigenvalue weighted by molar-refractivity contribution is -0.115. The van der Waals surface area contributed by atoms with Gasteiger partial charge in [0, 0.05) is 5.56 Å². The number of amides is 3. The van der Waals surface area contributed by atoms with Crippen LogP contribution < -0.4 is 20.7 Å². The van der Waals surface area contributed by atoms with Gasteiger partial charge in [0.2, 0.25) is 5.91 Å². The van der Waals surface area contributed by atoms with E-state index in [-0.39, 0.29) is 18.0 Å². The summed E-state index contributed by atoms with van der Waals surface area (Å²) in [5, 5.41) is 8.35. The van der Waals surface area contributed by atoms with Crippen LogP contribution >= 0.6 is 11.6 Å². The second-order valence-electron chi connectivity index (χ2n) is 6.94. The quantitative estimate of drug-likeness (QED) is 0.499. The zero-order valence-electron chi connectivity index (χ0n) is 17.6. The van der Waals surface area contributed by atoms with Gasteiger partial charge in [-0.05, 0) is 61.0 Å². The number of carbonyl (C=O) groups excluding carboxylic acids is 3. The summed E-state index contributed by atoms with van der Waals surface area (Å²) in [6, 6.07) is 18.4. The number of hydrogen-bond donors (Lipinski definition) is 3. The number of nitrogens with one attached hydrogen (secondary N) is 3. The smallest absolute Gasteiger partial charge is 0.255 e. The lowest BCUT2D eigenvalue weighted by atomic mass is 10.1. The molecule has 0 aliphatic heterocycles. The molecule has 0 atom stereocenters. The number of rotatable bonds is 7. The highest BCUT2D eigenvalue weighted by molar-refractivity contribution is 6.33. The SMILES string of the molecule is COc1ccc(C(=O)Nc2ccccc2C(=O)NCC(=O)Nc2ccc(C)cc2Cl)cc1. The number of carbonyl (C=O) groups is 3. The molecule has 0 saturated carbocycles. The molecule has 0 aliphatic carbocycles. The summed E-state index contributed by atoms with van der Waals surface area (Å²) in [5.41, 5.74) is 2.40. The van der Waals surface area contributed by atoms with Gasteiger partial charge in [-0.2, -0.15) is 0 Å². The maximum absolute atomic E-state index is 12.7. The highest BCUT2D eigenvalue weighted by atomic mass is 35.5. The molecule has 3 rings (SSSR count). The maximum atomic E-state index is 12.7. The van der Waals surface area contributed by atoms with Crippen LogP contribution in [0, 0.1) is 6.92 Å². The second-order valence-corrected chi connectivity index (χ2v) is 7.35. The van der Waals surface area contributed by atoms with Crippen LogP contribution in [0.15, 0.2) is 66.7 Å². The van der Waals surface area contributed by atoms with Crippen molar-refractivity contribution in [1.29, 1.82) is 0 Å². The molecule has 7 nitrogen and oxygen atoms in total. The van der Waals surface area contributed by atoms with Crippen LogP contribution in [-0.2, 0) is 4.79 Å². The summed E-state index contributed by atoms with van der Waals surface area (Å²) in [6.07, 6.45) is 0. The first-order valence-electron chi connectivity index (χ1n) is 9.76. The fourth-order valence-corrected chi connectivity index (χ4v) is 3.18. The Morgan fingerprint density at radius 2 is 1.59 bits per heavy atom. The molecule has 164 valence electrons. The van der Waals surface area contributed by atoms with Crippen LogP contribution in [-0.4, -0.2) is 31.4 Å². The molecule has 0 aromatic heterocycles. The van der Waals surface area contributed by atoms with Crippen molar-refractivity contribution in [1.82, 2.24) is 5.32 Å². The molecular formula is C24H22ClN3O4. The van der Waals surface area contributed by atoms with Gasteiger partial charge in [0.05, 0.1) is 35.6 Å². The van der Waals surface area contributed by atoms with Gasteiger partial charge in [-0.1, -0.05) is 29.8 Å². The number of ether oxygens (including phenoxy) is 1. The molecule has 0 fully saturated rings. The van der Waals surface area contributed by atoms with Gasteiger partial charge in [0.15, 0.2) is 0 Å². The summed E-state index contributed by atoms with van der Waals surface area (Å²) in [6.45, 7) is 1.63. The van der Waals surface area contributed by atoms with Gasteiger partial charge < -0.3 is 20.7 Å². The minimum absolute atomic E-state index is 0.232. The molecule has 0 heterocycles. The Balaban J connectivity index is 1.63. The maximum Gasteiger partial charge on any atom is 0.255 e. The van der Waals surface area contributed by atoms with Crippen LogP contribution in [0.3, 0.4) is 0 Å². The standard InChI is InChI=1S/C24H22ClN3O4/c1-15-7-12-21(19(25)13-15)27-22(29)14-26-24(31)18-5-3-4-6-20(18)28-23(30)16-8-10-17(32-2)11-9-16/h3-13H,14H2,1-2H3,(H,26,31)(H,27,29)(H,28,30). The van der Waals surface area contributed by atoms with E-state index in [9.17, 15) is 14.4 Å². The molecule has 0 bridgehead atoms. The van der Waals surface area contributed by atoms with Gasteiger partial charge in [0.1, 0.15) is 5.75 Å². The van der Waals surface area contributed by atoms with Crippen molar-refractivity contribution in [3.8, 4) is 5.75 Å². The highest BCUT2D eigenvalue weighted by Crippen LogP contribution is 2.22. The largest absolute Gasteiger partial charge is 0.497 e. The zero-order valence-corrected chi connectivity index (χ0v) is 18.3. The molecule has 0 unspecified atom stereocenters. The van der Waals surface area contributed by atoms with Crippen molar-refractivity contribution >= 4 is 40.7 Å². The van der Waals surface area contributed by atoms with Crippen molar-refractivity contribution < 1.29 is 19.1 Å². The van der Waals surface area contributed by atoms with Crippen molar-refractivity contribution in [3.63, 3.8) is 0 Å². The van der Waals surface area contributed by atoms with E-state index < -0.39 is 11.8 Å². The van der Waals surface area contributed by atoms with Gasteiger partial charge >= 0.3 is 0 Å². The Morgan fingerprint density at radius 3 is 2.28 bits per heavy atom. The third kappa shape index (κ3) is 5.86. The number of anilines is 2. The van der Waals surface area contributed by atoms with E-state index in [0.29, 0.717) is 27.7 Å². The molecule has 3 aromatic rings. The average molecular weight is 452 g/mol. The molecular weight excluding hydrogens is 430 g/mol. The lowest BCUT2D eigenvalue weighted by Gasteiger charge is -2.12. The topological polar surface area (TPSA) is 96.5 Å². The van der Waals surface area contributed by atoms with Crippen LogP contribution in [0.1, 0.15) is 26.3 Å². The van der Waals surface area contributed by atoms with E-state index >= 15 is 0 Å². The molecule has 32 heavy (non-hydrogen) atoms. The Hall–Kier alpha value is -3.84. The summed E-state index contributed by atoms with van der Waals surface area (Å²) in [5.74, 6) is -0.671. The highest BCUT2D eigenvalue weighted by Gasteiger charge is 2.15. The normalized spacial score (nSPS) is 10.2. The Kier molecular flexibility index (Phi) is 7.46. The van der Waals surface area contributed by atoms with Gasteiger partial charge in [-0.3, -0.25) is 14.4 Å². The fraction of sp³-hybridized carbons (Fsp3) is 0.125. The molecule has 8 heteroatoms. The number of halogens is 1. The Labute approximate surface area is 190 Å². The van der Waals surface area contributed by atoms with Crippen LogP contribution in [0.5, 0.6) is 5.75 Å². The summed E-state index contributed by atoms with van der Waals surface area (Å²) < 4.78 is 5.09. The summed E-state index contributed by atoms with van der Waals surface area (Å²) in [7, 11) is 1.54. The van der Waals surface area contributed by atoms with Crippen LogP contribution in [0.25, 0.3) is 0 Å². The molecule has 0 spiro atoms. The number of methoxy groups -OCH3 is 1. The Bertz CT molecular complexity index is 1150. The fourth-order valence-electron chi connectivity index (χ4n) is 2.90. The molecule has 0 radical (unpaired) electrons. The first-order chi connectivity index (χ1) is 15.4. The second kappa shape index (κ2) is 10.5. The van der Waals surface area contributed by atoms with E-state index in [2.05, 4.69) is 16.0 Å². The first-order valence-corrected chi connectivity index (χ1v) is 10.1. The number of benzene rings is 3. The third-order valence-electron chi connectivity index (χ3n) is 4.58. The van der Waals surface area contributed by atoms with Gasteiger partial charge in [-0.15, -0.1) is 0 Å². The van der Waals surface area contributed by atoms with Gasteiger partial charge in [0.25, 0.3) is 11.8 Å². The lowest BCUT2D eigenvalue weighted by Crippen LogP contribution is -2.33. The number of para-hydroxylation sites is 1. The van der Waals surface area contributed by atoms with Crippen molar-refractivity contribution in [3.05, 3.63) is 88.4 Å². The first kappa shape index (κ1) is 22.8. The van der Waals surface area contributed by atoms with Crippen molar-refractivity contribution in [2.45, 2.75) is 6.92 Å². The van der Waals surface area contributed by atoms with Crippen LogP contribution in [0.2, 0.25) is 5.02 Å². The van der Waals surface area contributed by atoms with E-state index in [1.807, 2.05) is 13.0 Å². The Morgan fingerprint density at radius 1 is 0.875 bits per heavy atom. The zero-order chi connectivity index (χ0) is 23.1. The molecule has 3 aromatic carbocycles. The average Bonchev–Trinajstić information content (AvgIpc) is 2.79. The molecule has 0 aliphatic rings.